The van der Waals surface area contributed by atoms with E-state index in [2.05, 4.69) is 11.4 Å². The van der Waals surface area contributed by atoms with Crippen LogP contribution < -0.4 is 10.9 Å². The summed E-state index contributed by atoms with van der Waals surface area (Å²) in [6.07, 6.45) is 1.87. The fourth-order valence-corrected chi connectivity index (χ4v) is 2.35. The number of nitrogens with one attached hydrogen (secondary N) is 1. The number of aryl methyl sites for hydroxylation is 2. The van der Waals surface area contributed by atoms with E-state index in [4.69, 9.17) is 0 Å². The Morgan fingerprint density at radius 1 is 1.26 bits per heavy atom. The van der Waals surface area contributed by atoms with Gasteiger partial charge in [-0.1, -0.05) is 35.9 Å². The summed E-state index contributed by atoms with van der Waals surface area (Å²) in [7, 11) is 0. The molecule has 1 unspecified atom stereocenters. The highest BCUT2D eigenvalue weighted by molar-refractivity contribution is 5.76. The Bertz CT molecular complexity index is 709. The van der Waals surface area contributed by atoms with Crippen molar-refractivity contribution in [3.05, 3.63) is 70.1 Å². The second-order valence-corrected chi connectivity index (χ2v) is 5.64. The predicted molar refractivity (Wildman–Crippen MR) is 89.2 cm³/mol. The number of aliphatic hydroxyl groups is 1. The molecular weight excluding hydrogens is 292 g/mol. The Morgan fingerprint density at radius 2 is 2.09 bits per heavy atom. The lowest BCUT2D eigenvalue weighted by molar-refractivity contribution is -0.121. The summed E-state index contributed by atoms with van der Waals surface area (Å²) >= 11 is 0. The van der Waals surface area contributed by atoms with Crippen LogP contribution in [0.5, 0.6) is 0 Å². The molecule has 0 aliphatic heterocycles. The maximum absolute atomic E-state index is 11.8. The van der Waals surface area contributed by atoms with E-state index in [1.807, 2.05) is 25.1 Å². The van der Waals surface area contributed by atoms with Gasteiger partial charge in [-0.25, -0.2) is 0 Å². The molecule has 2 N–H and O–H groups in total. The van der Waals surface area contributed by atoms with Gasteiger partial charge in [0, 0.05) is 25.2 Å². The van der Waals surface area contributed by atoms with Crippen molar-refractivity contribution in [1.29, 1.82) is 0 Å². The molecule has 0 bridgehead atoms. The van der Waals surface area contributed by atoms with E-state index < -0.39 is 6.10 Å². The molecule has 0 aliphatic carbocycles. The molecule has 2 rings (SSSR count). The van der Waals surface area contributed by atoms with Crippen LogP contribution in [0.3, 0.4) is 0 Å². The average molecular weight is 314 g/mol. The van der Waals surface area contributed by atoms with Crippen LogP contribution in [0.25, 0.3) is 0 Å². The van der Waals surface area contributed by atoms with Gasteiger partial charge in [-0.05, 0) is 25.0 Å². The number of aliphatic hydroxyl groups excluding tert-OH is 1. The number of benzene rings is 1. The lowest BCUT2D eigenvalue weighted by Gasteiger charge is -2.13. The first kappa shape index (κ1) is 17.0. The zero-order valence-electron chi connectivity index (χ0n) is 13.2. The first-order chi connectivity index (χ1) is 11.0. The van der Waals surface area contributed by atoms with Crippen molar-refractivity contribution in [2.75, 3.05) is 6.54 Å². The molecule has 1 heterocycles. The fraction of sp³-hybridized carbons (Fsp3) is 0.333. The second-order valence-electron chi connectivity index (χ2n) is 5.64. The molecule has 122 valence electrons. The van der Waals surface area contributed by atoms with E-state index in [9.17, 15) is 14.7 Å². The largest absolute Gasteiger partial charge is 0.389 e. The van der Waals surface area contributed by atoms with Gasteiger partial charge in [-0.3, -0.25) is 9.59 Å². The fourth-order valence-electron chi connectivity index (χ4n) is 2.35. The van der Waals surface area contributed by atoms with E-state index in [0.717, 1.165) is 5.56 Å². The third kappa shape index (κ3) is 5.71. The van der Waals surface area contributed by atoms with Crippen LogP contribution in [-0.4, -0.2) is 28.2 Å². The minimum Gasteiger partial charge on any atom is -0.389 e. The molecular formula is C18H22N2O3. The lowest BCUT2D eigenvalue weighted by atomic mass is 10.1. The summed E-state index contributed by atoms with van der Waals surface area (Å²) in [5.74, 6) is -0.106. The lowest BCUT2D eigenvalue weighted by Crippen LogP contribution is -2.36. The number of amides is 1. The molecule has 0 fully saturated rings. The van der Waals surface area contributed by atoms with Gasteiger partial charge in [0.1, 0.15) is 0 Å². The number of carbonyl (C=O) groups is 1. The third-order valence-electron chi connectivity index (χ3n) is 3.56. The van der Waals surface area contributed by atoms with Gasteiger partial charge < -0.3 is 15.0 Å². The highest BCUT2D eigenvalue weighted by Crippen LogP contribution is 2.06. The molecule has 0 spiro atoms. The minimum absolute atomic E-state index is 0.106. The Hall–Kier alpha value is -2.40. The topological polar surface area (TPSA) is 71.3 Å². The van der Waals surface area contributed by atoms with Gasteiger partial charge in [0.05, 0.1) is 12.6 Å². The van der Waals surface area contributed by atoms with Gasteiger partial charge in [0.15, 0.2) is 0 Å². The monoisotopic (exact) mass is 314 g/mol. The van der Waals surface area contributed by atoms with Crippen LogP contribution in [0.1, 0.15) is 17.5 Å². The van der Waals surface area contributed by atoms with Gasteiger partial charge in [0.2, 0.25) is 5.91 Å². The second kappa shape index (κ2) is 8.29. The zero-order valence-corrected chi connectivity index (χ0v) is 13.2. The molecule has 1 amide bonds. The predicted octanol–water partition coefficient (Wildman–Crippen LogP) is 1.27. The Kier molecular flexibility index (Phi) is 6.11. The molecule has 5 heteroatoms. The molecule has 2 aromatic rings. The number of hydrogen-bond donors (Lipinski definition) is 2. The molecule has 0 aliphatic rings. The van der Waals surface area contributed by atoms with Crippen molar-refractivity contribution in [3.8, 4) is 0 Å². The summed E-state index contributed by atoms with van der Waals surface area (Å²) in [5.41, 5.74) is 2.13. The van der Waals surface area contributed by atoms with Gasteiger partial charge >= 0.3 is 0 Å². The van der Waals surface area contributed by atoms with Crippen molar-refractivity contribution in [2.45, 2.75) is 32.4 Å². The SMILES string of the molecule is Cc1cccc(CCC(=O)NCC(O)Cn2ccccc2=O)c1. The van der Waals surface area contributed by atoms with Crippen LogP contribution >= 0.6 is 0 Å². The van der Waals surface area contributed by atoms with Crippen molar-refractivity contribution >= 4 is 5.91 Å². The Morgan fingerprint density at radius 3 is 2.83 bits per heavy atom. The standard InChI is InChI=1S/C18H22N2O3/c1-14-5-4-6-15(11-14)8-9-17(22)19-12-16(21)13-20-10-3-2-7-18(20)23/h2-7,10-11,16,21H,8-9,12-13H2,1H3,(H,19,22). The molecule has 5 nitrogen and oxygen atoms in total. The minimum atomic E-state index is -0.794. The summed E-state index contributed by atoms with van der Waals surface area (Å²) in [6.45, 7) is 2.32. The van der Waals surface area contributed by atoms with E-state index in [1.165, 1.54) is 16.2 Å². The number of nitrogens with zero attached hydrogens (tertiary/aromatic N) is 1. The van der Waals surface area contributed by atoms with Crippen molar-refractivity contribution in [2.24, 2.45) is 0 Å². The summed E-state index contributed by atoms with van der Waals surface area (Å²) in [5, 5.41) is 12.6. The van der Waals surface area contributed by atoms with Crippen molar-refractivity contribution in [3.63, 3.8) is 0 Å². The quantitative estimate of drug-likeness (QED) is 0.808. The molecule has 23 heavy (non-hydrogen) atoms. The summed E-state index contributed by atoms with van der Waals surface area (Å²) in [4.78, 5) is 23.4. The third-order valence-corrected chi connectivity index (χ3v) is 3.56. The van der Waals surface area contributed by atoms with Crippen LogP contribution in [0.4, 0.5) is 0 Å². The zero-order chi connectivity index (χ0) is 16.7. The van der Waals surface area contributed by atoms with Crippen molar-refractivity contribution < 1.29 is 9.90 Å². The van der Waals surface area contributed by atoms with E-state index in [0.29, 0.717) is 12.8 Å². The summed E-state index contributed by atoms with van der Waals surface area (Å²) < 4.78 is 1.42. The average Bonchev–Trinajstić information content (AvgIpc) is 2.53. The molecule has 1 aromatic carbocycles. The Labute approximate surface area is 135 Å². The van der Waals surface area contributed by atoms with Crippen LogP contribution in [0.2, 0.25) is 0 Å². The highest BCUT2D eigenvalue weighted by Gasteiger charge is 2.09. The number of rotatable bonds is 7. The highest BCUT2D eigenvalue weighted by atomic mass is 16.3. The smallest absolute Gasteiger partial charge is 0.250 e. The number of hydrogen-bond acceptors (Lipinski definition) is 3. The summed E-state index contributed by atoms with van der Waals surface area (Å²) in [6, 6.07) is 12.9. The number of carbonyl (C=O) groups excluding carboxylic acids is 1. The molecule has 0 saturated carbocycles. The van der Waals surface area contributed by atoms with E-state index >= 15 is 0 Å². The van der Waals surface area contributed by atoms with Crippen molar-refractivity contribution in [1.82, 2.24) is 9.88 Å². The van der Waals surface area contributed by atoms with Gasteiger partial charge in [0.25, 0.3) is 5.56 Å². The Balaban J connectivity index is 1.73. The van der Waals surface area contributed by atoms with Crippen LogP contribution in [0.15, 0.2) is 53.5 Å². The first-order valence-corrected chi connectivity index (χ1v) is 7.70. The van der Waals surface area contributed by atoms with Gasteiger partial charge in [-0.15, -0.1) is 0 Å². The molecule has 0 saturated heterocycles. The molecule has 1 atom stereocenters. The maximum atomic E-state index is 11.8. The normalized spacial score (nSPS) is 11.9. The maximum Gasteiger partial charge on any atom is 0.250 e. The van der Waals surface area contributed by atoms with E-state index in [1.54, 1.807) is 18.3 Å². The molecule has 1 aromatic heterocycles. The number of pyridine rings is 1. The van der Waals surface area contributed by atoms with Crippen LogP contribution in [0, 0.1) is 6.92 Å². The first-order valence-electron chi connectivity index (χ1n) is 7.70. The van der Waals surface area contributed by atoms with Gasteiger partial charge in [-0.2, -0.15) is 0 Å². The van der Waals surface area contributed by atoms with E-state index in [-0.39, 0.29) is 24.6 Å². The number of aromatic nitrogens is 1. The molecule has 0 radical (unpaired) electrons. The van der Waals surface area contributed by atoms with Crippen LogP contribution in [-0.2, 0) is 17.8 Å².